The Morgan fingerprint density at radius 3 is 2.52 bits per heavy atom. The maximum absolute atomic E-state index is 13.0. The molecule has 0 amide bonds. The largest absolute Gasteiger partial charge is 0.495 e. The van der Waals surface area contributed by atoms with E-state index in [2.05, 4.69) is 0 Å². The third-order valence-corrected chi connectivity index (χ3v) is 7.83. The van der Waals surface area contributed by atoms with Crippen molar-refractivity contribution in [1.29, 1.82) is 0 Å². The van der Waals surface area contributed by atoms with Crippen LogP contribution in [0.25, 0.3) is 0 Å². The van der Waals surface area contributed by atoms with E-state index in [0.29, 0.717) is 29.9 Å². The number of ether oxygens (including phenoxy) is 2. The molecule has 1 saturated heterocycles. The first-order chi connectivity index (χ1) is 13.7. The first-order valence-electron chi connectivity index (χ1n) is 9.41. The van der Waals surface area contributed by atoms with Crippen LogP contribution in [0.15, 0.2) is 41.3 Å². The Bertz CT molecular complexity index is 1070. The molecule has 0 N–H and O–H groups in total. The first-order valence-corrected chi connectivity index (χ1v) is 11.2. The van der Waals surface area contributed by atoms with Gasteiger partial charge in [0.05, 0.1) is 29.0 Å². The Hall–Kier alpha value is -2.09. The number of piperidine rings is 1. The highest BCUT2D eigenvalue weighted by Gasteiger charge is 2.45. The number of hydrogen-bond acceptors (Lipinski definition) is 5. The molecule has 1 spiro atoms. The van der Waals surface area contributed by atoms with E-state index >= 15 is 0 Å². The minimum Gasteiger partial charge on any atom is -0.495 e. The standard InChI is InChI=1S/C21H22ClNO5S/c1-14-3-5-19-16(11-14)18(24)13-21(28-19)7-9-23(10-8-21)29(25,26)15-4-6-20(27-2)17(22)12-15/h3-6,11-12H,7-10,13H2,1-2H3. The summed E-state index contributed by atoms with van der Waals surface area (Å²) in [6, 6.07) is 10.0. The molecule has 1 fully saturated rings. The number of carbonyl (C=O) groups is 1. The van der Waals surface area contributed by atoms with E-state index in [1.807, 2.05) is 25.1 Å². The third kappa shape index (κ3) is 3.63. The van der Waals surface area contributed by atoms with Gasteiger partial charge in [-0.25, -0.2) is 8.42 Å². The van der Waals surface area contributed by atoms with Crippen molar-refractivity contribution in [2.45, 2.75) is 36.7 Å². The van der Waals surface area contributed by atoms with Crippen molar-refractivity contribution in [3.63, 3.8) is 0 Å². The fourth-order valence-electron chi connectivity index (χ4n) is 3.98. The molecule has 29 heavy (non-hydrogen) atoms. The summed E-state index contributed by atoms with van der Waals surface area (Å²) in [4.78, 5) is 12.8. The number of Topliss-reactive ketones (excluding diaryl/α,β-unsaturated/α-hetero) is 1. The maximum Gasteiger partial charge on any atom is 0.243 e. The van der Waals surface area contributed by atoms with Crippen LogP contribution in [0.5, 0.6) is 11.5 Å². The number of halogens is 1. The summed E-state index contributed by atoms with van der Waals surface area (Å²) in [5, 5.41) is 0.246. The second kappa shape index (κ2) is 7.31. The van der Waals surface area contributed by atoms with Gasteiger partial charge >= 0.3 is 0 Å². The molecule has 0 saturated carbocycles. The van der Waals surface area contributed by atoms with Crippen molar-refractivity contribution < 1.29 is 22.7 Å². The van der Waals surface area contributed by atoms with Crippen molar-refractivity contribution in [2.24, 2.45) is 0 Å². The zero-order valence-corrected chi connectivity index (χ0v) is 17.8. The average molecular weight is 436 g/mol. The van der Waals surface area contributed by atoms with Gasteiger partial charge in [-0.3, -0.25) is 4.79 Å². The van der Waals surface area contributed by atoms with E-state index in [1.54, 1.807) is 6.07 Å². The summed E-state index contributed by atoms with van der Waals surface area (Å²) >= 11 is 6.10. The lowest BCUT2D eigenvalue weighted by Gasteiger charge is -2.43. The Morgan fingerprint density at radius 1 is 1.14 bits per heavy atom. The van der Waals surface area contributed by atoms with Crippen molar-refractivity contribution in [1.82, 2.24) is 4.31 Å². The number of benzene rings is 2. The van der Waals surface area contributed by atoms with Gasteiger partial charge in [0.15, 0.2) is 5.78 Å². The topological polar surface area (TPSA) is 72.9 Å². The third-order valence-electron chi connectivity index (χ3n) is 5.64. The minimum atomic E-state index is -3.69. The lowest BCUT2D eigenvalue weighted by atomic mass is 9.83. The van der Waals surface area contributed by atoms with Crippen molar-refractivity contribution >= 4 is 27.4 Å². The minimum absolute atomic E-state index is 0.0493. The van der Waals surface area contributed by atoms with Gasteiger partial charge in [0.2, 0.25) is 10.0 Å². The number of carbonyl (C=O) groups excluding carboxylic acids is 1. The van der Waals surface area contributed by atoms with Gasteiger partial charge in [-0.2, -0.15) is 4.31 Å². The van der Waals surface area contributed by atoms with E-state index in [1.165, 1.54) is 23.5 Å². The van der Waals surface area contributed by atoms with Crippen LogP contribution in [0.3, 0.4) is 0 Å². The smallest absolute Gasteiger partial charge is 0.243 e. The molecule has 6 nitrogen and oxygen atoms in total. The molecule has 154 valence electrons. The van der Waals surface area contributed by atoms with Crippen LogP contribution in [0, 0.1) is 6.92 Å². The monoisotopic (exact) mass is 435 g/mol. The number of methoxy groups -OCH3 is 1. The van der Waals surface area contributed by atoms with Crippen LogP contribution in [0.2, 0.25) is 5.02 Å². The number of fused-ring (bicyclic) bond motifs is 1. The molecular weight excluding hydrogens is 414 g/mol. The van der Waals surface area contributed by atoms with Gasteiger partial charge in [0, 0.05) is 25.9 Å². The molecule has 2 aliphatic rings. The Morgan fingerprint density at radius 2 is 1.86 bits per heavy atom. The Kier molecular flexibility index (Phi) is 5.09. The summed E-state index contributed by atoms with van der Waals surface area (Å²) in [7, 11) is -2.22. The number of ketones is 1. The molecule has 0 atom stereocenters. The van der Waals surface area contributed by atoms with Gasteiger partial charge in [-0.05, 0) is 37.3 Å². The normalized spacial score (nSPS) is 18.9. The molecule has 0 bridgehead atoms. The molecule has 0 aromatic heterocycles. The molecule has 0 radical (unpaired) electrons. The number of sulfonamides is 1. The van der Waals surface area contributed by atoms with Crippen LogP contribution < -0.4 is 9.47 Å². The summed E-state index contributed by atoms with van der Waals surface area (Å²) in [5.41, 5.74) is 0.970. The van der Waals surface area contributed by atoms with Gasteiger partial charge in [0.25, 0.3) is 0 Å². The predicted octanol–water partition coefficient (Wildman–Crippen LogP) is 3.85. The second-order valence-electron chi connectivity index (χ2n) is 7.59. The number of nitrogens with zero attached hydrogens (tertiary/aromatic N) is 1. The van der Waals surface area contributed by atoms with Crippen LogP contribution in [-0.4, -0.2) is 44.3 Å². The number of hydrogen-bond donors (Lipinski definition) is 0. The summed E-state index contributed by atoms with van der Waals surface area (Å²) in [6.07, 6.45) is 1.18. The van der Waals surface area contributed by atoms with Crippen LogP contribution in [-0.2, 0) is 10.0 Å². The van der Waals surface area contributed by atoms with Crippen molar-refractivity contribution in [3.8, 4) is 11.5 Å². The van der Waals surface area contributed by atoms with Gasteiger partial charge in [0.1, 0.15) is 17.1 Å². The molecule has 0 unspecified atom stereocenters. The summed E-state index contributed by atoms with van der Waals surface area (Å²) in [5.74, 6) is 1.06. The zero-order valence-electron chi connectivity index (χ0n) is 16.3. The van der Waals surface area contributed by atoms with E-state index in [0.717, 1.165) is 5.56 Å². The number of rotatable bonds is 3. The van der Waals surface area contributed by atoms with Crippen LogP contribution >= 0.6 is 11.6 Å². The lowest BCUT2D eigenvalue weighted by molar-refractivity contribution is 0.00589. The molecule has 4 rings (SSSR count). The van der Waals surface area contributed by atoms with Crippen molar-refractivity contribution in [3.05, 3.63) is 52.5 Å². The highest BCUT2D eigenvalue weighted by molar-refractivity contribution is 7.89. The first kappa shape index (κ1) is 20.2. The fourth-order valence-corrected chi connectivity index (χ4v) is 5.77. The molecule has 2 aromatic carbocycles. The molecular formula is C21H22ClNO5S. The molecule has 2 heterocycles. The predicted molar refractivity (Wildman–Crippen MR) is 109 cm³/mol. The van der Waals surface area contributed by atoms with E-state index in [4.69, 9.17) is 21.1 Å². The molecule has 0 aliphatic carbocycles. The van der Waals surface area contributed by atoms with Crippen molar-refractivity contribution in [2.75, 3.05) is 20.2 Å². The second-order valence-corrected chi connectivity index (χ2v) is 9.93. The van der Waals surface area contributed by atoms with Crippen LogP contribution in [0.1, 0.15) is 35.2 Å². The highest BCUT2D eigenvalue weighted by Crippen LogP contribution is 2.40. The fraction of sp³-hybridized carbons (Fsp3) is 0.381. The summed E-state index contributed by atoms with van der Waals surface area (Å²) in [6.45, 7) is 2.49. The van der Waals surface area contributed by atoms with Gasteiger partial charge in [-0.1, -0.05) is 23.2 Å². The highest BCUT2D eigenvalue weighted by atomic mass is 35.5. The van der Waals surface area contributed by atoms with Gasteiger partial charge < -0.3 is 9.47 Å². The SMILES string of the molecule is COc1ccc(S(=O)(=O)N2CCC3(CC2)CC(=O)c2cc(C)ccc2O3)cc1Cl. The maximum atomic E-state index is 13.0. The van der Waals surface area contributed by atoms with Crippen LogP contribution in [0.4, 0.5) is 0 Å². The summed E-state index contributed by atoms with van der Waals surface area (Å²) < 4.78 is 38.8. The molecule has 2 aliphatic heterocycles. The Labute approximate surface area is 175 Å². The zero-order chi connectivity index (χ0) is 20.8. The van der Waals surface area contributed by atoms with E-state index < -0.39 is 15.6 Å². The van der Waals surface area contributed by atoms with Gasteiger partial charge in [-0.15, -0.1) is 0 Å². The lowest BCUT2D eigenvalue weighted by Crippen LogP contribution is -2.52. The molecule has 8 heteroatoms. The quantitative estimate of drug-likeness (QED) is 0.732. The average Bonchev–Trinajstić information content (AvgIpc) is 2.69. The van der Waals surface area contributed by atoms with E-state index in [9.17, 15) is 13.2 Å². The van der Waals surface area contributed by atoms with E-state index in [-0.39, 0.29) is 35.2 Å². The Balaban J connectivity index is 1.53. The molecule has 2 aromatic rings. The number of aryl methyl sites for hydroxylation is 1.